The lowest BCUT2D eigenvalue weighted by atomic mass is 9.72. The van der Waals surface area contributed by atoms with E-state index in [1.807, 2.05) is 11.0 Å². The summed E-state index contributed by atoms with van der Waals surface area (Å²) in [6.07, 6.45) is 3.92. The first kappa shape index (κ1) is 23.7. The Hall–Kier alpha value is -3.05. The molecule has 0 N–H and O–H groups in total. The number of nitrogens with zero attached hydrogens (tertiary/aromatic N) is 2. The molecule has 0 radical (unpaired) electrons. The number of hydrogen-bond donors (Lipinski definition) is 0. The second-order valence-electron chi connectivity index (χ2n) is 10.0. The zero-order chi connectivity index (χ0) is 24.3. The predicted molar refractivity (Wildman–Crippen MR) is 135 cm³/mol. The second-order valence-corrected chi connectivity index (χ2v) is 10.0. The van der Waals surface area contributed by atoms with E-state index in [2.05, 4.69) is 49.4 Å². The molecule has 182 valence electrons. The number of piperidine rings is 1. The first-order chi connectivity index (χ1) is 17.0. The average molecular weight is 473 g/mol. The van der Waals surface area contributed by atoms with Crippen molar-refractivity contribution in [2.75, 3.05) is 26.3 Å². The maximum Gasteiger partial charge on any atom is 0.233 e. The normalized spacial score (nSPS) is 19.9. The SMILES string of the molecule is Cc1cccc(Cc2cccc(C3CCCN(C(=O)C4(c5cccc(F)c5)CCOCC4)C3)n2)c1. The minimum Gasteiger partial charge on any atom is -0.381 e. The number of carbonyl (C=O) groups is 1. The van der Waals surface area contributed by atoms with Gasteiger partial charge in [-0.25, -0.2) is 4.39 Å². The molecule has 2 fully saturated rings. The highest BCUT2D eigenvalue weighted by Crippen LogP contribution is 2.39. The molecule has 2 aliphatic heterocycles. The summed E-state index contributed by atoms with van der Waals surface area (Å²) in [5, 5.41) is 0. The summed E-state index contributed by atoms with van der Waals surface area (Å²) < 4.78 is 19.7. The molecule has 5 heteroatoms. The van der Waals surface area contributed by atoms with Crippen molar-refractivity contribution >= 4 is 5.91 Å². The van der Waals surface area contributed by atoms with Gasteiger partial charge in [0, 0.05) is 50.0 Å². The number of amides is 1. The Balaban J connectivity index is 1.36. The van der Waals surface area contributed by atoms with Crippen LogP contribution in [0.2, 0.25) is 0 Å². The number of aryl methyl sites for hydroxylation is 1. The van der Waals surface area contributed by atoms with Crippen molar-refractivity contribution in [1.29, 1.82) is 0 Å². The van der Waals surface area contributed by atoms with Crippen molar-refractivity contribution in [2.45, 2.75) is 50.4 Å². The molecule has 0 spiro atoms. The fraction of sp³-hybridized carbons (Fsp3) is 0.400. The summed E-state index contributed by atoms with van der Waals surface area (Å²) in [7, 11) is 0. The predicted octanol–water partition coefficient (Wildman–Crippen LogP) is 5.57. The van der Waals surface area contributed by atoms with Crippen LogP contribution in [0.4, 0.5) is 4.39 Å². The van der Waals surface area contributed by atoms with E-state index in [1.165, 1.54) is 23.3 Å². The molecule has 4 nitrogen and oxygen atoms in total. The highest BCUT2D eigenvalue weighted by Gasteiger charge is 2.45. The van der Waals surface area contributed by atoms with Gasteiger partial charge in [-0.15, -0.1) is 0 Å². The molecule has 3 aromatic rings. The smallest absolute Gasteiger partial charge is 0.233 e. The Morgan fingerprint density at radius 2 is 1.89 bits per heavy atom. The molecule has 2 aliphatic rings. The van der Waals surface area contributed by atoms with Gasteiger partial charge in [-0.3, -0.25) is 9.78 Å². The van der Waals surface area contributed by atoms with E-state index in [4.69, 9.17) is 9.72 Å². The van der Waals surface area contributed by atoms with Crippen molar-refractivity contribution < 1.29 is 13.9 Å². The van der Waals surface area contributed by atoms with E-state index in [0.717, 1.165) is 42.8 Å². The molecule has 1 atom stereocenters. The van der Waals surface area contributed by atoms with Gasteiger partial charge in [-0.1, -0.05) is 48.0 Å². The van der Waals surface area contributed by atoms with E-state index in [-0.39, 0.29) is 17.6 Å². The quantitative estimate of drug-likeness (QED) is 0.487. The number of aromatic nitrogens is 1. The number of carbonyl (C=O) groups excluding carboxylic acids is 1. The first-order valence-corrected chi connectivity index (χ1v) is 12.7. The highest BCUT2D eigenvalue weighted by atomic mass is 19.1. The summed E-state index contributed by atoms with van der Waals surface area (Å²) in [6, 6.07) is 21.4. The van der Waals surface area contributed by atoms with E-state index in [0.29, 0.717) is 32.6 Å². The molecule has 3 heterocycles. The Morgan fingerprint density at radius 3 is 2.69 bits per heavy atom. The van der Waals surface area contributed by atoms with E-state index >= 15 is 0 Å². The summed E-state index contributed by atoms with van der Waals surface area (Å²) in [5.41, 5.74) is 4.66. The Kier molecular flexibility index (Phi) is 6.96. The van der Waals surface area contributed by atoms with Crippen LogP contribution in [0.1, 0.15) is 59.7 Å². The average Bonchev–Trinajstić information content (AvgIpc) is 2.89. The molecule has 2 saturated heterocycles. The molecule has 35 heavy (non-hydrogen) atoms. The number of benzene rings is 2. The zero-order valence-electron chi connectivity index (χ0n) is 20.4. The molecular formula is C30H33FN2O2. The van der Waals surface area contributed by atoms with Crippen LogP contribution in [-0.4, -0.2) is 42.1 Å². The van der Waals surface area contributed by atoms with Crippen molar-refractivity contribution in [2.24, 2.45) is 0 Å². The van der Waals surface area contributed by atoms with Crippen molar-refractivity contribution in [3.05, 3.63) is 101 Å². The Bertz CT molecular complexity index is 1190. The van der Waals surface area contributed by atoms with Crippen LogP contribution < -0.4 is 0 Å². The topological polar surface area (TPSA) is 42.4 Å². The third-order valence-corrected chi connectivity index (χ3v) is 7.56. The van der Waals surface area contributed by atoms with Crippen LogP contribution >= 0.6 is 0 Å². The summed E-state index contributed by atoms with van der Waals surface area (Å²) in [4.78, 5) is 21.0. The van der Waals surface area contributed by atoms with E-state index < -0.39 is 5.41 Å². The maximum absolute atomic E-state index is 14.1. The van der Waals surface area contributed by atoms with Gasteiger partial charge in [0.1, 0.15) is 5.82 Å². The maximum atomic E-state index is 14.1. The van der Waals surface area contributed by atoms with E-state index in [9.17, 15) is 9.18 Å². The lowest BCUT2D eigenvalue weighted by Crippen LogP contribution is -2.52. The Labute approximate surface area is 207 Å². The molecule has 0 aliphatic carbocycles. The first-order valence-electron chi connectivity index (χ1n) is 12.7. The fourth-order valence-corrected chi connectivity index (χ4v) is 5.69. The third-order valence-electron chi connectivity index (χ3n) is 7.56. The van der Waals surface area contributed by atoms with Crippen LogP contribution in [0.3, 0.4) is 0 Å². The van der Waals surface area contributed by atoms with Crippen molar-refractivity contribution in [3.63, 3.8) is 0 Å². The molecule has 1 unspecified atom stereocenters. The number of hydrogen-bond acceptors (Lipinski definition) is 3. The molecule has 1 amide bonds. The second kappa shape index (κ2) is 10.3. The van der Waals surface area contributed by atoms with Gasteiger partial charge in [0.25, 0.3) is 0 Å². The molecule has 0 saturated carbocycles. The summed E-state index contributed by atoms with van der Waals surface area (Å²) in [6.45, 7) is 4.52. The minimum absolute atomic E-state index is 0.104. The number of pyridine rings is 1. The minimum atomic E-state index is -0.720. The highest BCUT2D eigenvalue weighted by molar-refractivity contribution is 5.88. The summed E-state index contributed by atoms with van der Waals surface area (Å²) >= 11 is 0. The number of rotatable bonds is 5. The zero-order valence-corrected chi connectivity index (χ0v) is 20.4. The Morgan fingerprint density at radius 1 is 1.09 bits per heavy atom. The lowest BCUT2D eigenvalue weighted by molar-refractivity contribution is -0.142. The monoisotopic (exact) mass is 472 g/mol. The molecule has 2 aromatic carbocycles. The largest absolute Gasteiger partial charge is 0.381 e. The van der Waals surface area contributed by atoms with Gasteiger partial charge in [0.15, 0.2) is 0 Å². The lowest BCUT2D eigenvalue weighted by Gasteiger charge is -2.42. The number of halogens is 1. The van der Waals surface area contributed by atoms with Crippen molar-refractivity contribution in [1.82, 2.24) is 9.88 Å². The van der Waals surface area contributed by atoms with Gasteiger partial charge >= 0.3 is 0 Å². The van der Waals surface area contributed by atoms with Crippen LogP contribution in [0.5, 0.6) is 0 Å². The van der Waals surface area contributed by atoms with Gasteiger partial charge in [0.2, 0.25) is 5.91 Å². The molecule has 1 aromatic heterocycles. The van der Waals surface area contributed by atoms with E-state index in [1.54, 1.807) is 6.07 Å². The molecule has 5 rings (SSSR count). The number of likely N-dealkylation sites (tertiary alicyclic amines) is 1. The number of ether oxygens (including phenoxy) is 1. The van der Waals surface area contributed by atoms with Crippen molar-refractivity contribution in [3.8, 4) is 0 Å². The van der Waals surface area contributed by atoms with Crippen LogP contribution in [0.25, 0.3) is 0 Å². The van der Waals surface area contributed by atoms with Gasteiger partial charge in [-0.05, 0) is 68.0 Å². The molecule has 0 bridgehead atoms. The molecular weight excluding hydrogens is 439 g/mol. The van der Waals surface area contributed by atoms with Crippen LogP contribution in [-0.2, 0) is 21.4 Å². The van der Waals surface area contributed by atoms with Gasteiger partial charge in [-0.2, -0.15) is 0 Å². The summed E-state index contributed by atoms with van der Waals surface area (Å²) in [5.74, 6) is 0.00823. The van der Waals surface area contributed by atoms with Crippen LogP contribution in [0, 0.1) is 12.7 Å². The van der Waals surface area contributed by atoms with Crippen LogP contribution in [0.15, 0.2) is 66.7 Å². The standard InChI is InChI=1S/C30H33FN2O2/c1-22-6-2-7-23(18-22)19-27-11-4-12-28(32-27)24-8-5-15-33(21-24)29(34)30(13-16-35-17-14-30)25-9-3-10-26(31)20-25/h2-4,6-7,9-12,18,20,24H,5,8,13-17,19,21H2,1H3. The third kappa shape index (κ3) is 5.15. The van der Waals surface area contributed by atoms with Gasteiger partial charge < -0.3 is 9.64 Å². The van der Waals surface area contributed by atoms with Gasteiger partial charge in [0.05, 0.1) is 5.41 Å². The fourth-order valence-electron chi connectivity index (χ4n) is 5.69.